The van der Waals surface area contributed by atoms with E-state index in [0.717, 1.165) is 16.9 Å². The van der Waals surface area contributed by atoms with Gasteiger partial charge in [0, 0.05) is 23.4 Å². The Kier molecular flexibility index (Phi) is 4.12. The van der Waals surface area contributed by atoms with Crippen molar-refractivity contribution in [1.29, 1.82) is 5.26 Å². The number of aromatic nitrogens is 3. The summed E-state index contributed by atoms with van der Waals surface area (Å²) in [6, 6.07) is 14.3. The number of rotatable bonds is 2. The zero-order valence-electron chi connectivity index (χ0n) is 14.7. The number of nitriles is 1. The normalized spacial score (nSPS) is 12.1. The number of fused-ring (bicyclic) bond motifs is 2. The Morgan fingerprint density at radius 2 is 1.90 bits per heavy atom. The average Bonchev–Trinajstić information content (AvgIpc) is 3.23. The van der Waals surface area contributed by atoms with Crippen molar-refractivity contribution in [2.75, 3.05) is 9.44 Å². The molecule has 0 bridgehead atoms. The van der Waals surface area contributed by atoms with Crippen molar-refractivity contribution >= 4 is 46.3 Å². The molecule has 0 amide bonds. The number of hydrogen-bond acceptors (Lipinski definition) is 7. The van der Waals surface area contributed by atoms with E-state index in [1.165, 1.54) is 24.4 Å². The third-order valence-electron chi connectivity index (χ3n) is 4.53. The van der Waals surface area contributed by atoms with Crippen LogP contribution in [-0.2, 0) is 0 Å². The van der Waals surface area contributed by atoms with Crippen LogP contribution in [0.15, 0.2) is 53.5 Å². The summed E-state index contributed by atoms with van der Waals surface area (Å²) >= 11 is 7.77. The number of anilines is 2. The largest absolute Gasteiger partial charge is 0.345 e. The van der Waals surface area contributed by atoms with Gasteiger partial charge in [-0.05, 0) is 24.3 Å². The summed E-state index contributed by atoms with van der Waals surface area (Å²) < 4.78 is 6.23. The molecule has 2 aromatic heterocycles. The van der Waals surface area contributed by atoms with Gasteiger partial charge >= 0.3 is 0 Å². The molecule has 7 nitrogen and oxygen atoms in total. The Hall–Kier alpha value is -3.54. The molecule has 0 radical (unpaired) electrons. The summed E-state index contributed by atoms with van der Waals surface area (Å²) in [6.07, 6.45) is 1.54. The lowest BCUT2D eigenvalue weighted by Crippen LogP contribution is -2.06. The van der Waals surface area contributed by atoms with E-state index in [1.54, 1.807) is 24.3 Å². The summed E-state index contributed by atoms with van der Waals surface area (Å²) in [6.45, 7) is 0. The van der Waals surface area contributed by atoms with Gasteiger partial charge in [-0.1, -0.05) is 23.7 Å². The molecule has 9 heteroatoms. The minimum atomic E-state index is -0.229. The number of aromatic amines is 1. The molecule has 1 aliphatic heterocycles. The van der Waals surface area contributed by atoms with E-state index in [0.29, 0.717) is 33.2 Å². The summed E-state index contributed by atoms with van der Waals surface area (Å²) in [7, 11) is 0. The van der Waals surface area contributed by atoms with Crippen LogP contribution in [-0.4, -0.2) is 15.0 Å². The van der Waals surface area contributed by atoms with Crippen LogP contribution in [0.3, 0.4) is 0 Å². The maximum atomic E-state index is 12.3. The Bertz CT molecular complexity index is 1390. The Labute approximate surface area is 174 Å². The van der Waals surface area contributed by atoms with E-state index in [9.17, 15) is 10.1 Å². The molecule has 3 heterocycles. The SMILES string of the molecule is N#Cc1cccc(-c2nc3[nH]ccc(=O)c3nc2-c2cc(Cl)c3c(c2)NSN3)c1. The van der Waals surface area contributed by atoms with Crippen molar-refractivity contribution in [3.05, 3.63) is 69.5 Å². The highest BCUT2D eigenvalue weighted by molar-refractivity contribution is 8.02. The first-order chi connectivity index (χ1) is 14.1. The van der Waals surface area contributed by atoms with Crippen molar-refractivity contribution in [2.24, 2.45) is 0 Å². The van der Waals surface area contributed by atoms with Gasteiger partial charge in [0.15, 0.2) is 11.2 Å². The highest BCUT2D eigenvalue weighted by Crippen LogP contribution is 2.43. The molecular formula is C20H11ClN6OS. The number of halogens is 1. The van der Waals surface area contributed by atoms with E-state index < -0.39 is 0 Å². The van der Waals surface area contributed by atoms with Gasteiger partial charge in [-0.25, -0.2) is 9.97 Å². The van der Waals surface area contributed by atoms with E-state index in [2.05, 4.69) is 30.5 Å². The maximum Gasteiger partial charge on any atom is 0.209 e. The first-order valence-corrected chi connectivity index (χ1v) is 9.75. The molecular weight excluding hydrogens is 408 g/mol. The van der Waals surface area contributed by atoms with Crippen LogP contribution in [0.5, 0.6) is 0 Å². The van der Waals surface area contributed by atoms with E-state index >= 15 is 0 Å². The number of pyridine rings is 1. The first-order valence-electron chi connectivity index (χ1n) is 8.56. The van der Waals surface area contributed by atoms with E-state index in [1.807, 2.05) is 12.1 Å². The topological polar surface area (TPSA) is 106 Å². The second-order valence-corrected chi connectivity index (χ2v) is 7.36. The van der Waals surface area contributed by atoms with Crippen LogP contribution < -0.4 is 14.9 Å². The highest BCUT2D eigenvalue weighted by Gasteiger charge is 2.20. The van der Waals surface area contributed by atoms with Crippen LogP contribution in [0, 0.1) is 11.3 Å². The molecule has 0 unspecified atom stereocenters. The van der Waals surface area contributed by atoms with Gasteiger partial charge in [-0.2, -0.15) is 5.26 Å². The minimum absolute atomic E-state index is 0.229. The lowest BCUT2D eigenvalue weighted by Gasteiger charge is -2.12. The fourth-order valence-electron chi connectivity index (χ4n) is 3.18. The quantitative estimate of drug-likeness (QED) is 0.409. The lowest BCUT2D eigenvalue weighted by molar-refractivity contribution is 1.21. The van der Waals surface area contributed by atoms with Crippen LogP contribution in [0.4, 0.5) is 11.4 Å². The van der Waals surface area contributed by atoms with E-state index in [4.69, 9.17) is 11.6 Å². The third-order valence-corrected chi connectivity index (χ3v) is 5.45. The second kappa shape index (κ2) is 6.81. The predicted molar refractivity (Wildman–Crippen MR) is 116 cm³/mol. The van der Waals surface area contributed by atoms with Crippen LogP contribution in [0.2, 0.25) is 5.02 Å². The summed E-state index contributed by atoms with van der Waals surface area (Å²) in [5.74, 6) is 0. The highest BCUT2D eigenvalue weighted by atomic mass is 35.5. The number of nitrogens with one attached hydrogen (secondary N) is 3. The standard InChI is InChI=1S/C20H11ClN6OS/c21-13-7-12(8-14-18(13)27-29-26-14)17-16(11-3-1-2-10(6-11)9-22)25-20-19(24-17)15(28)4-5-23-20/h1-8,26-27H,(H,23,25,28). The summed E-state index contributed by atoms with van der Waals surface area (Å²) in [5.41, 5.74) is 4.98. The first kappa shape index (κ1) is 17.6. The molecule has 0 saturated carbocycles. The monoisotopic (exact) mass is 418 g/mol. The summed E-state index contributed by atoms with van der Waals surface area (Å²) in [5, 5.41) is 9.80. The van der Waals surface area contributed by atoms with Crippen molar-refractivity contribution < 1.29 is 0 Å². The number of benzene rings is 2. The van der Waals surface area contributed by atoms with Crippen LogP contribution in [0.25, 0.3) is 33.7 Å². The molecule has 2 aromatic carbocycles. The van der Waals surface area contributed by atoms with Gasteiger partial charge in [0.2, 0.25) is 5.43 Å². The van der Waals surface area contributed by atoms with Gasteiger partial charge in [0.1, 0.15) is 0 Å². The van der Waals surface area contributed by atoms with Gasteiger partial charge in [0.05, 0.1) is 51.6 Å². The molecule has 4 aromatic rings. The Balaban J connectivity index is 1.84. The van der Waals surface area contributed by atoms with Gasteiger partial charge in [-0.3, -0.25) is 4.79 Å². The number of H-pyrrole nitrogens is 1. The van der Waals surface area contributed by atoms with Crippen molar-refractivity contribution in [1.82, 2.24) is 15.0 Å². The Morgan fingerprint density at radius 3 is 2.76 bits per heavy atom. The second-order valence-electron chi connectivity index (χ2n) is 6.34. The molecule has 0 atom stereocenters. The molecule has 1 aliphatic rings. The summed E-state index contributed by atoms with van der Waals surface area (Å²) in [4.78, 5) is 24.6. The average molecular weight is 419 g/mol. The fraction of sp³-hybridized carbons (Fsp3) is 0. The minimum Gasteiger partial charge on any atom is -0.345 e. The van der Waals surface area contributed by atoms with Crippen molar-refractivity contribution in [2.45, 2.75) is 0 Å². The molecule has 0 saturated heterocycles. The van der Waals surface area contributed by atoms with E-state index in [-0.39, 0.29) is 10.9 Å². The van der Waals surface area contributed by atoms with Crippen molar-refractivity contribution in [3.8, 4) is 28.6 Å². The Morgan fingerprint density at radius 1 is 1.03 bits per heavy atom. The maximum absolute atomic E-state index is 12.3. The predicted octanol–water partition coefficient (Wildman–Crippen LogP) is 4.58. The zero-order chi connectivity index (χ0) is 20.0. The van der Waals surface area contributed by atoms with Gasteiger partial charge in [0.25, 0.3) is 0 Å². The molecule has 0 fully saturated rings. The molecule has 0 spiro atoms. The van der Waals surface area contributed by atoms with Gasteiger partial charge < -0.3 is 14.4 Å². The van der Waals surface area contributed by atoms with Crippen molar-refractivity contribution in [3.63, 3.8) is 0 Å². The van der Waals surface area contributed by atoms with Gasteiger partial charge in [-0.15, -0.1) is 0 Å². The molecule has 140 valence electrons. The molecule has 5 rings (SSSR count). The fourth-order valence-corrected chi connectivity index (χ4v) is 4.15. The third kappa shape index (κ3) is 2.97. The molecule has 29 heavy (non-hydrogen) atoms. The van der Waals surface area contributed by atoms with Crippen LogP contribution >= 0.6 is 23.7 Å². The lowest BCUT2D eigenvalue weighted by atomic mass is 10.0. The van der Waals surface area contributed by atoms with Crippen LogP contribution in [0.1, 0.15) is 5.56 Å². The zero-order valence-corrected chi connectivity index (χ0v) is 16.2. The smallest absolute Gasteiger partial charge is 0.209 e. The molecule has 0 aliphatic carbocycles. The number of hydrogen-bond donors (Lipinski definition) is 3. The number of nitrogens with zero attached hydrogens (tertiary/aromatic N) is 3. The molecule has 3 N–H and O–H groups in total.